The van der Waals surface area contributed by atoms with Crippen LogP contribution in [0.5, 0.6) is 17.2 Å². The Kier molecular flexibility index (Phi) is 7.61. The fourth-order valence-corrected chi connectivity index (χ4v) is 3.15. The van der Waals surface area contributed by atoms with E-state index in [0.717, 1.165) is 4.90 Å². The van der Waals surface area contributed by atoms with Crippen LogP contribution in [-0.2, 0) is 11.3 Å². The van der Waals surface area contributed by atoms with E-state index in [1.807, 2.05) is 12.3 Å². The smallest absolute Gasteiger partial charge is 0.410 e. The molecule has 0 aliphatic carbocycles. The molecule has 8 heteroatoms. The van der Waals surface area contributed by atoms with Crippen LogP contribution in [0.25, 0.3) is 0 Å². The maximum absolute atomic E-state index is 12.3. The molecule has 0 aliphatic rings. The van der Waals surface area contributed by atoms with Crippen molar-refractivity contribution in [2.45, 2.75) is 37.8 Å². The Balaban J connectivity index is 2.33. The molecule has 0 heterocycles. The molecule has 30 heavy (non-hydrogen) atoms. The Morgan fingerprint density at radius 2 is 1.80 bits per heavy atom. The zero-order chi connectivity index (χ0) is 22.5. The molecule has 0 atom stereocenters. The number of hydrogen-bond donors (Lipinski definition) is 1. The molecule has 1 N–H and O–H groups in total. The Hall–Kier alpha value is -2.87. The summed E-state index contributed by atoms with van der Waals surface area (Å²) >= 11 is 1.56. The lowest BCUT2D eigenvalue weighted by Gasteiger charge is -2.25. The number of hydrogen-bond acceptors (Lipinski definition) is 6. The normalized spacial score (nSPS) is 11.0. The first kappa shape index (κ1) is 23.4. The van der Waals surface area contributed by atoms with Crippen molar-refractivity contribution < 1.29 is 28.9 Å². The Morgan fingerprint density at radius 1 is 1.10 bits per heavy atom. The summed E-state index contributed by atoms with van der Waals surface area (Å²) in [6.45, 7) is 5.46. The van der Waals surface area contributed by atoms with Crippen LogP contribution < -0.4 is 9.47 Å². The van der Waals surface area contributed by atoms with E-state index in [1.54, 1.807) is 64.9 Å². The summed E-state index contributed by atoms with van der Waals surface area (Å²) in [7, 11) is 3.17. The van der Waals surface area contributed by atoms with Crippen molar-refractivity contribution in [2.24, 2.45) is 0 Å². The van der Waals surface area contributed by atoms with E-state index in [2.05, 4.69) is 0 Å². The molecule has 0 unspecified atom stereocenters. The Labute approximate surface area is 180 Å². The lowest BCUT2D eigenvalue weighted by Crippen LogP contribution is -2.33. The van der Waals surface area contributed by atoms with Gasteiger partial charge in [-0.15, -0.1) is 11.8 Å². The minimum absolute atomic E-state index is 0.102. The summed E-state index contributed by atoms with van der Waals surface area (Å²) < 4.78 is 16.8. The van der Waals surface area contributed by atoms with Crippen LogP contribution in [0.1, 0.15) is 36.7 Å². The number of carboxylic acid groups (broad SMARTS) is 1. The predicted molar refractivity (Wildman–Crippen MR) is 116 cm³/mol. The van der Waals surface area contributed by atoms with E-state index in [9.17, 15) is 14.7 Å². The third kappa shape index (κ3) is 6.32. The summed E-state index contributed by atoms with van der Waals surface area (Å²) in [5, 5.41) is 9.35. The molecular weight excluding hydrogens is 406 g/mol. The quantitative estimate of drug-likeness (QED) is 0.595. The minimum Gasteiger partial charge on any atom is -0.495 e. The highest BCUT2D eigenvalue weighted by Gasteiger charge is 2.21. The molecule has 7 nitrogen and oxygen atoms in total. The molecule has 0 saturated heterocycles. The Morgan fingerprint density at radius 3 is 2.37 bits per heavy atom. The molecule has 0 spiro atoms. The van der Waals surface area contributed by atoms with Crippen molar-refractivity contribution in [3.8, 4) is 17.2 Å². The fraction of sp³-hybridized carbons (Fsp3) is 0.364. The van der Waals surface area contributed by atoms with Crippen molar-refractivity contribution in [2.75, 3.05) is 20.4 Å². The second-order valence-electron chi connectivity index (χ2n) is 7.58. The van der Waals surface area contributed by atoms with E-state index in [1.165, 1.54) is 17.0 Å². The molecule has 1 amide bonds. The van der Waals surface area contributed by atoms with E-state index in [4.69, 9.17) is 14.2 Å². The highest BCUT2D eigenvalue weighted by molar-refractivity contribution is 7.98. The van der Waals surface area contributed by atoms with Crippen LogP contribution in [0, 0.1) is 0 Å². The van der Waals surface area contributed by atoms with Crippen molar-refractivity contribution >= 4 is 23.8 Å². The van der Waals surface area contributed by atoms with Crippen LogP contribution in [0.3, 0.4) is 0 Å². The summed E-state index contributed by atoms with van der Waals surface area (Å²) in [6, 6.07) is 9.99. The molecule has 162 valence electrons. The molecule has 0 saturated carbocycles. The molecular formula is C22H27NO6S. The number of benzene rings is 2. The molecule has 0 bridgehead atoms. The number of amides is 1. The maximum Gasteiger partial charge on any atom is 0.410 e. The van der Waals surface area contributed by atoms with Crippen molar-refractivity contribution in [3.05, 3.63) is 47.5 Å². The standard InChI is InChI=1S/C22H27NO6S/c1-22(2,3)29-21(26)23(4)13-15-11-14(20(24)25)7-9-17(15)28-16-8-10-19(30-6)18(12-16)27-5/h7-12H,13H2,1-6H3,(H,24,25). The lowest BCUT2D eigenvalue weighted by atomic mass is 10.1. The van der Waals surface area contributed by atoms with Gasteiger partial charge in [0.05, 0.1) is 19.2 Å². The lowest BCUT2D eigenvalue weighted by molar-refractivity contribution is 0.0284. The third-order valence-corrected chi connectivity index (χ3v) is 4.78. The second-order valence-corrected chi connectivity index (χ2v) is 8.43. The third-order valence-electron chi connectivity index (χ3n) is 4.00. The van der Waals surface area contributed by atoms with Gasteiger partial charge in [-0.2, -0.15) is 0 Å². The van der Waals surface area contributed by atoms with Crippen molar-refractivity contribution in [3.63, 3.8) is 0 Å². The molecule has 2 rings (SSSR count). The van der Waals surface area contributed by atoms with Crippen LogP contribution in [-0.4, -0.2) is 48.1 Å². The van der Waals surface area contributed by atoms with Gasteiger partial charge in [0.2, 0.25) is 0 Å². The largest absolute Gasteiger partial charge is 0.495 e. The van der Waals surface area contributed by atoms with Gasteiger partial charge in [0.25, 0.3) is 0 Å². The Bertz CT molecular complexity index is 922. The number of aromatic carboxylic acids is 1. The monoisotopic (exact) mass is 433 g/mol. The molecule has 0 aliphatic heterocycles. The van der Waals surface area contributed by atoms with E-state index >= 15 is 0 Å². The number of rotatable bonds is 7. The molecule has 2 aromatic carbocycles. The number of methoxy groups -OCH3 is 1. The van der Waals surface area contributed by atoms with Gasteiger partial charge >= 0.3 is 12.1 Å². The summed E-state index contributed by atoms with van der Waals surface area (Å²) in [6.07, 6.45) is 1.44. The van der Waals surface area contributed by atoms with Gasteiger partial charge in [0, 0.05) is 23.6 Å². The van der Waals surface area contributed by atoms with Gasteiger partial charge in [-0.05, 0) is 57.4 Å². The van der Waals surface area contributed by atoms with E-state index in [0.29, 0.717) is 22.8 Å². The molecule has 2 aromatic rings. The topological polar surface area (TPSA) is 85.3 Å². The number of ether oxygens (including phenoxy) is 3. The average Bonchev–Trinajstić information content (AvgIpc) is 2.67. The predicted octanol–water partition coefficient (Wildman–Crippen LogP) is 5.27. The van der Waals surface area contributed by atoms with Crippen molar-refractivity contribution in [1.29, 1.82) is 0 Å². The molecule has 0 radical (unpaired) electrons. The maximum atomic E-state index is 12.3. The van der Waals surface area contributed by atoms with Crippen LogP contribution in [0.2, 0.25) is 0 Å². The first-order valence-electron chi connectivity index (χ1n) is 9.24. The van der Waals surface area contributed by atoms with Gasteiger partial charge in [0.1, 0.15) is 22.8 Å². The number of carboxylic acids is 1. The van der Waals surface area contributed by atoms with Gasteiger partial charge in [0.15, 0.2) is 0 Å². The fourth-order valence-electron chi connectivity index (χ4n) is 2.60. The second kappa shape index (κ2) is 9.75. The number of nitrogens with zero attached hydrogens (tertiary/aromatic N) is 1. The highest BCUT2D eigenvalue weighted by Crippen LogP contribution is 2.34. The van der Waals surface area contributed by atoms with Crippen LogP contribution in [0.15, 0.2) is 41.3 Å². The first-order chi connectivity index (χ1) is 14.0. The zero-order valence-electron chi connectivity index (χ0n) is 18.0. The first-order valence-corrected chi connectivity index (χ1v) is 10.5. The highest BCUT2D eigenvalue weighted by atomic mass is 32.2. The average molecular weight is 434 g/mol. The SMILES string of the molecule is COc1cc(Oc2ccc(C(=O)O)cc2CN(C)C(=O)OC(C)(C)C)ccc1SC. The van der Waals surface area contributed by atoms with Crippen LogP contribution in [0.4, 0.5) is 4.79 Å². The molecule has 0 aromatic heterocycles. The zero-order valence-corrected chi connectivity index (χ0v) is 18.8. The summed E-state index contributed by atoms with van der Waals surface area (Å²) in [4.78, 5) is 26.1. The van der Waals surface area contributed by atoms with E-state index in [-0.39, 0.29) is 12.1 Å². The number of thioether (sulfide) groups is 1. The van der Waals surface area contributed by atoms with Crippen LogP contribution >= 0.6 is 11.8 Å². The summed E-state index contributed by atoms with van der Waals surface area (Å²) in [5.41, 5.74) is 0.00446. The number of carbonyl (C=O) groups excluding carboxylic acids is 1. The van der Waals surface area contributed by atoms with Crippen molar-refractivity contribution in [1.82, 2.24) is 4.90 Å². The minimum atomic E-state index is -1.06. The van der Waals surface area contributed by atoms with E-state index < -0.39 is 17.7 Å². The summed E-state index contributed by atoms with van der Waals surface area (Å²) in [5.74, 6) is 0.589. The molecule has 0 fully saturated rings. The van der Waals surface area contributed by atoms with Gasteiger partial charge < -0.3 is 24.2 Å². The van der Waals surface area contributed by atoms with Gasteiger partial charge in [-0.1, -0.05) is 0 Å². The van der Waals surface area contributed by atoms with Gasteiger partial charge in [-0.25, -0.2) is 9.59 Å². The number of carbonyl (C=O) groups is 2. The van der Waals surface area contributed by atoms with Gasteiger partial charge in [-0.3, -0.25) is 0 Å².